The van der Waals surface area contributed by atoms with E-state index in [1.165, 1.54) is 0 Å². The van der Waals surface area contributed by atoms with Gasteiger partial charge in [-0.15, -0.1) is 0 Å². The standard InChI is InChI=1S/C17H16N2O2/c1-11-8-14-15(21-13-5-3-4-12(18)10-13)6-7-19-17(14)16(9-11)20-2/h3-10H,18H2,1-2H3. The Hall–Kier alpha value is -2.75. The number of hydrogen-bond acceptors (Lipinski definition) is 4. The van der Waals surface area contributed by atoms with E-state index in [-0.39, 0.29) is 0 Å². The molecule has 2 N–H and O–H groups in total. The second-order valence-corrected chi connectivity index (χ2v) is 4.85. The molecule has 1 aromatic heterocycles. The van der Waals surface area contributed by atoms with Gasteiger partial charge in [0, 0.05) is 23.3 Å². The van der Waals surface area contributed by atoms with Crippen molar-refractivity contribution in [2.45, 2.75) is 6.92 Å². The molecule has 2 aromatic carbocycles. The molecular formula is C17H16N2O2. The predicted octanol–water partition coefficient (Wildman–Crippen LogP) is 3.93. The fraction of sp³-hybridized carbons (Fsp3) is 0.118. The maximum atomic E-state index is 5.95. The number of methoxy groups -OCH3 is 1. The van der Waals surface area contributed by atoms with Crippen LogP contribution in [0, 0.1) is 6.92 Å². The lowest BCUT2D eigenvalue weighted by Crippen LogP contribution is -1.93. The van der Waals surface area contributed by atoms with Gasteiger partial charge in [-0.2, -0.15) is 0 Å². The zero-order chi connectivity index (χ0) is 14.8. The van der Waals surface area contributed by atoms with Crippen molar-refractivity contribution in [1.29, 1.82) is 0 Å². The molecule has 4 heteroatoms. The number of benzene rings is 2. The maximum absolute atomic E-state index is 5.95. The summed E-state index contributed by atoms with van der Waals surface area (Å²) in [5.74, 6) is 2.17. The number of aromatic nitrogens is 1. The van der Waals surface area contributed by atoms with Gasteiger partial charge in [0.2, 0.25) is 0 Å². The summed E-state index contributed by atoms with van der Waals surface area (Å²) in [6.07, 6.45) is 1.71. The molecule has 0 atom stereocenters. The van der Waals surface area contributed by atoms with Crippen LogP contribution >= 0.6 is 0 Å². The third-order valence-electron chi connectivity index (χ3n) is 3.22. The van der Waals surface area contributed by atoms with Gasteiger partial charge in [0.05, 0.1) is 7.11 Å². The van der Waals surface area contributed by atoms with E-state index in [1.54, 1.807) is 19.4 Å². The van der Waals surface area contributed by atoms with E-state index in [2.05, 4.69) is 4.98 Å². The van der Waals surface area contributed by atoms with Crippen LogP contribution in [0.15, 0.2) is 48.7 Å². The summed E-state index contributed by atoms with van der Waals surface area (Å²) in [6.45, 7) is 2.01. The molecule has 0 saturated heterocycles. The second-order valence-electron chi connectivity index (χ2n) is 4.85. The molecule has 106 valence electrons. The molecule has 0 amide bonds. The van der Waals surface area contributed by atoms with Crippen molar-refractivity contribution in [3.63, 3.8) is 0 Å². The highest BCUT2D eigenvalue weighted by molar-refractivity contribution is 5.90. The van der Waals surface area contributed by atoms with Crippen LogP contribution in [-0.4, -0.2) is 12.1 Å². The Bertz CT molecular complexity index is 800. The van der Waals surface area contributed by atoms with Crippen LogP contribution in [0.25, 0.3) is 10.9 Å². The van der Waals surface area contributed by atoms with Crippen LogP contribution in [-0.2, 0) is 0 Å². The molecule has 21 heavy (non-hydrogen) atoms. The molecular weight excluding hydrogens is 264 g/mol. The van der Waals surface area contributed by atoms with E-state index in [4.69, 9.17) is 15.2 Å². The van der Waals surface area contributed by atoms with Crippen molar-refractivity contribution in [1.82, 2.24) is 4.98 Å². The minimum atomic E-state index is 0.666. The summed E-state index contributed by atoms with van der Waals surface area (Å²) < 4.78 is 11.3. The number of pyridine rings is 1. The van der Waals surface area contributed by atoms with Gasteiger partial charge in [-0.25, -0.2) is 0 Å². The van der Waals surface area contributed by atoms with Crippen molar-refractivity contribution in [2.24, 2.45) is 0 Å². The van der Waals surface area contributed by atoms with Crippen LogP contribution in [0.2, 0.25) is 0 Å². The first-order valence-corrected chi connectivity index (χ1v) is 6.64. The molecule has 3 rings (SSSR count). The van der Waals surface area contributed by atoms with Crippen LogP contribution in [0.3, 0.4) is 0 Å². The first-order valence-electron chi connectivity index (χ1n) is 6.64. The van der Waals surface area contributed by atoms with E-state index in [1.807, 2.05) is 43.3 Å². The van der Waals surface area contributed by atoms with Crippen LogP contribution < -0.4 is 15.2 Å². The normalized spacial score (nSPS) is 10.6. The van der Waals surface area contributed by atoms with E-state index in [0.29, 0.717) is 11.4 Å². The van der Waals surface area contributed by atoms with Gasteiger partial charge in [0.1, 0.15) is 22.8 Å². The fourth-order valence-corrected chi connectivity index (χ4v) is 2.29. The van der Waals surface area contributed by atoms with Crippen molar-refractivity contribution in [3.8, 4) is 17.2 Å². The Morgan fingerprint density at radius 3 is 2.67 bits per heavy atom. The number of anilines is 1. The molecule has 3 aromatic rings. The number of nitrogens with zero attached hydrogens (tertiary/aromatic N) is 1. The Balaban J connectivity index is 2.12. The van der Waals surface area contributed by atoms with E-state index < -0.39 is 0 Å². The van der Waals surface area contributed by atoms with Gasteiger partial charge >= 0.3 is 0 Å². The summed E-state index contributed by atoms with van der Waals surface area (Å²) in [6, 6.07) is 13.2. The van der Waals surface area contributed by atoms with Gasteiger partial charge in [-0.05, 0) is 42.8 Å². The average molecular weight is 280 g/mol. The van der Waals surface area contributed by atoms with E-state index >= 15 is 0 Å². The average Bonchev–Trinajstić information content (AvgIpc) is 2.47. The Morgan fingerprint density at radius 2 is 1.90 bits per heavy atom. The van der Waals surface area contributed by atoms with Gasteiger partial charge in [0.25, 0.3) is 0 Å². The zero-order valence-corrected chi connectivity index (χ0v) is 12.0. The minimum Gasteiger partial charge on any atom is -0.494 e. The first-order chi connectivity index (χ1) is 10.2. The molecule has 0 radical (unpaired) electrons. The zero-order valence-electron chi connectivity index (χ0n) is 12.0. The summed E-state index contributed by atoms with van der Waals surface area (Å²) in [7, 11) is 1.64. The Kier molecular flexibility index (Phi) is 3.36. The summed E-state index contributed by atoms with van der Waals surface area (Å²) in [4.78, 5) is 4.38. The quantitative estimate of drug-likeness (QED) is 0.739. The molecule has 0 saturated carbocycles. The molecule has 1 heterocycles. The Morgan fingerprint density at radius 1 is 1.05 bits per heavy atom. The summed E-state index contributed by atoms with van der Waals surface area (Å²) in [5, 5.41) is 0.914. The molecule has 0 aliphatic carbocycles. The van der Waals surface area contributed by atoms with Crippen molar-refractivity contribution in [3.05, 3.63) is 54.2 Å². The topological polar surface area (TPSA) is 57.4 Å². The van der Waals surface area contributed by atoms with E-state index in [0.717, 1.165) is 28.0 Å². The molecule has 0 unspecified atom stereocenters. The summed E-state index contributed by atoms with van der Waals surface area (Å²) in [5.41, 5.74) is 8.32. The monoisotopic (exact) mass is 280 g/mol. The number of aryl methyl sites for hydroxylation is 1. The lowest BCUT2D eigenvalue weighted by atomic mass is 10.1. The predicted molar refractivity (Wildman–Crippen MR) is 84.0 cm³/mol. The Labute approximate surface area is 123 Å². The van der Waals surface area contributed by atoms with Crippen molar-refractivity contribution >= 4 is 16.6 Å². The number of ether oxygens (including phenoxy) is 2. The first kappa shape index (κ1) is 13.2. The molecule has 0 aliphatic rings. The lowest BCUT2D eigenvalue weighted by molar-refractivity contribution is 0.418. The molecule has 0 spiro atoms. The smallest absolute Gasteiger partial charge is 0.145 e. The number of rotatable bonds is 3. The van der Waals surface area contributed by atoms with Gasteiger partial charge in [-0.3, -0.25) is 4.98 Å². The highest BCUT2D eigenvalue weighted by Crippen LogP contribution is 2.34. The minimum absolute atomic E-state index is 0.666. The van der Waals surface area contributed by atoms with Gasteiger partial charge in [0.15, 0.2) is 0 Å². The highest BCUT2D eigenvalue weighted by Gasteiger charge is 2.10. The van der Waals surface area contributed by atoms with Gasteiger partial charge < -0.3 is 15.2 Å². The SMILES string of the molecule is COc1cc(C)cc2c(Oc3cccc(N)c3)ccnc12. The van der Waals surface area contributed by atoms with Crippen LogP contribution in [0.1, 0.15) is 5.56 Å². The lowest BCUT2D eigenvalue weighted by Gasteiger charge is -2.11. The van der Waals surface area contributed by atoms with Crippen molar-refractivity contribution < 1.29 is 9.47 Å². The number of nitrogens with two attached hydrogens (primary N) is 1. The molecule has 0 fully saturated rings. The number of nitrogen functional groups attached to an aromatic ring is 1. The number of fused-ring (bicyclic) bond motifs is 1. The largest absolute Gasteiger partial charge is 0.494 e. The van der Waals surface area contributed by atoms with Crippen molar-refractivity contribution in [2.75, 3.05) is 12.8 Å². The summed E-state index contributed by atoms with van der Waals surface area (Å²) >= 11 is 0. The van der Waals surface area contributed by atoms with Crippen LogP contribution in [0.5, 0.6) is 17.2 Å². The van der Waals surface area contributed by atoms with E-state index in [9.17, 15) is 0 Å². The highest BCUT2D eigenvalue weighted by atomic mass is 16.5. The van der Waals surface area contributed by atoms with Crippen LogP contribution in [0.4, 0.5) is 5.69 Å². The third-order valence-corrected chi connectivity index (χ3v) is 3.22. The fourth-order valence-electron chi connectivity index (χ4n) is 2.29. The maximum Gasteiger partial charge on any atom is 0.145 e. The third kappa shape index (κ3) is 2.60. The second kappa shape index (κ2) is 5.32. The number of hydrogen-bond donors (Lipinski definition) is 1. The van der Waals surface area contributed by atoms with Gasteiger partial charge in [-0.1, -0.05) is 6.07 Å². The molecule has 0 bridgehead atoms. The molecule has 4 nitrogen and oxygen atoms in total. The molecule has 0 aliphatic heterocycles.